The van der Waals surface area contributed by atoms with E-state index in [0.29, 0.717) is 15.7 Å². The van der Waals surface area contributed by atoms with Crippen LogP contribution in [0.25, 0.3) is 0 Å². The summed E-state index contributed by atoms with van der Waals surface area (Å²) in [4.78, 5) is 9.64. The van der Waals surface area contributed by atoms with E-state index >= 15 is 0 Å². The van der Waals surface area contributed by atoms with Crippen LogP contribution in [0.4, 0.5) is 5.82 Å². The van der Waals surface area contributed by atoms with Crippen LogP contribution in [0.2, 0.25) is 0 Å². The number of hydrogen-bond acceptors (Lipinski definition) is 5. The van der Waals surface area contributed by atoms with Crippen molar-refractivity contribution in [2.45, 2.75) is 25.9 Å². The number of aromatic amines is 1. The quantitative estimate of drug-likeness (QED) is 0.807. The van der Waals surface area contributed by atoms with Gasteiger partial charge in [0.15, 0.2) is 5.82 Å². The molecule has 0 radical (unpaired) electrons. The molecule has 2 aliphatic rings. The number of rotatable bonds is 2. The van der Waals surface area contributed by atoms with Gasteiger partial charge in [-0.2, -0.15) is 0 Å². The number of anilines is 1. The fourth-order valence-corrected chi connectivity index (χ4v) is 3.23. The van der Waals surface area contributed by atoms with Crippen LogP contribution in [0.5, 0.6) is 0 Å². The van der Waals surface area contributed by atoms with Gasteiger partial charge < -0.3 is 19.7 Å². The molecule has 2 fully saturated rings. The van der Waals surface area contributed by atoms with Crippen LogP contribution in [-0.4, -0.2) is 41.4 Å². The Morgan fingerprint density at radius 3 is 2.84 bits per heavy atom. The highest BCUT2D eigenvalue weighted by molar-refractivity contribution is 7.71. The van der Waals surface area contributed by atoms with Crippen molar-refractivity contribution in [1.82, 2.24) is 9.97 Å². The largest absolute Gasteiger partial charge is 0.390 e. The van der Waals surface area contributed by atoms with Gasteiger partial charge in [0.05, 0.1) is 25.1 Å². The number of nitrogens with zero attached hydrogens (tertiary/aromatic N) is 2. The molecule has 2 N–H and O–H groups in total. The highest BCUT2D eigenvalue weighted by Crippen LogP contribution is 2.40. The number of aromatic nitrogens is 2. The first-order chi connectivity index (χ1) is 9.22. The molecule has 1 spiro atoms. The predicted octanol–water partition coefficient (Wildman–Crippen LogP) is 1.64. The molecule has 104 valence electrons. The molecule has 2 aliphatic heterocycles. The van der Waals surface area contributed by atoms with Gasteiger partial charge >= 0.3 is 0 Å². The van der Waals surface area contributed by atoms with Gasteiger partial charge in [-0.05, 0) is 24.7 Å². The lowest BCUT2D eigenvalue weighted by molar-refractivity contribution is 0.133. The lowest BCUT2D eigenvalue weighted by Crippen LogP contribution is -2.41. The standard InChI is InChI=1S/C13H19N3O2S/c17-8-10-12(14-7-11(19)15-10)16-4-1-13(2-5-16)3-6-18-9-13/h7,17H,1-6,8-9H2,(H,15,19). The summed E-state index contributed by atoms with van der Waals surface area (Å²) in [6.07, 6.45) is 5.09. The number of ether oxygens (including phenoxy) is 1. The zero-order chi connectivity index (χ0) is 13.3. The summed E-state index contributed by atoms with van der Waals surface area (Å²) in [5.41, 5.74) is 1.10. The molecule has 3 heterocycles. The van der Waals surface area contributed by atoms with Crippen LogP contribution in [0.3, 0.4) is 0 Å². The van der Waals surface area contributed by atoms with E-state index in [-0.39, 0.29) is 6.61 Å². The second-order valence-corrected chi connectivity index (χ2v) is 5.94. The molecule has 0 unspecified atom stereocenters. The van der Waals surface area contributed by atoms with Gasteiger partial charge in [0.2, 0.25) is 0 Å². The Hall–Kier alpha value is -0.980. The van der Waals surface area contributed by atoms with Gasteiger partial charge in [-0.1, -0.05) is 12.2 Å². The first-order valence-electron chi connectivity index (χ1n) is 6.74. The summed E-state index contributed by atoms with van der Waals surface area (Å²) in [5, 5.41) is 9.41. The normalized spacial score (nSPS) is 22.1. The van der Waals surface area contributed by atoms with Crippen LogP contribution in [0, 0.1) is 10.1 Å². The van der Waals surface area contributed by atoms with E-state index in [1.54, 1.807) is 6.20 Å². The fraction of sp³-hybridized carbons (Fsp3) is 0.692. The summed E-state index contributed by atoms with van der Waals surface area (Å²) in [5.74, 6) is 0.838. The van der Waals surface area contributed by atoms with Crippen LogP contribution in [0.15, 0.2) is 6.20 Å². The first-order valence-corrected chi connectivity index (χ1v) is 7.15. The molecule has 6 heteroatoms. The lowest BCUT2D eigenvalue weighted by Gasteiger charge is -2.39. The Kier molecular flexibility index (Phi) is 3.56. The summed E-state index contributed by atoms with van der Waals surface area (Å²) < 4.78 is 6.11. The van der Waals surface area contributed by atoms with Crippen LogP contribution in [-0.2, 0) is 11.3 Å². The molecule has 1 aromatic rings. The molecule has 2 saturated heterocycles. The Balaban J connectivity index is 1.76. The first kappa shape index (κ1) is 13.0. The van der Waals surface area contributed by atoms with E-state index in [4.69, 9.17) is 17.0 Å². The second kappa shape index (κ2) is 5.19. The second-order valence-electron chi connectivity index (χ2n) is 5.50. The van der Waals surface area contributed by atoms with Crippen molar-refractivity contribution >= 4 is 18.0 Å². The summed E-state index contributed by atoms with van der Waals surface area (Å²) in [6.45, 7) is 3.68. The molecular weight excluding hydrogens is 262 g/mol. The van der Waals surface area contributed by atoms with Crippen molar-refractivity contribution in [2.75, 3.05) is 31.2 Å². The van der Waals surface area contributed by atoms with E-state index in [0.717, 1.165) is 45.0 Å². The lowest BCUT2D eigenvalue weighted by atomic mass is 9.78. The number of nitrogens with one attached hydrogen (secondary N) is 1. The maximum atomic E-state index is 9.41. The predicted molar refractivity (Wildman–Crippen MR) is 74.7 cm³/mol. The van der Waals surface area contributed by atoms with E-state index in [2.05, 4.69) is 14.9 Å². The highest BCUT2D eigenvalue weighted by Gasteiger charge is 2.38. The maximum Gasteiger partial charge on any atom is 0.150 e. The topological polar surface area (TPSA) is 61.4 Å². The number of aliphatic hydroxyl groups is 1. The summed E-state index contributed by atoms with van der Waals surface area (Å²) in [7, 11) is 0. The van der Waals surface area contributed by atoms with E-state index in [1.165, 1.54) is 6.42 Å². The van der Waals surface area contributed by atoms with E-state index in [9.17, 15) is 5.11 Å². The van der Waals surface area contributed by atoms with Gasteiger partial charge in [-0.3, -0.25) is 0 Å². The van der Waals surface area contributed by atoms with Gasteiger partial charge in [-0.15, -0.1) is 0 Å². The van der Waals surface area contributed by atoms with Gasteiger partial charge in [0.25, 0.3) is 0 Å². The van der Waals surface area contributed by atoms with Crippen LogP contribution >= 0.6 is 12.2 Å². The van der Waals surface area contributed by atoms with Crippen molar-refractivity contribution in [3.63, 3.8) is 0 Å². The third-order valence-corrected chi connectivity index (χ3v) is 4.52. The van der Waals surface area contributed by atoms with E-state index in [1.807, 2.05) is 0 Å². The molecule has 0 amide bonds. The van der Waals surface area contributed by atoms with Crippen LogP contribution < -0.4 is 4.90 Å². The molecule has 1 aromatic heterocycles. The zero-order valence-electron chi connectivity index (χ0n) is 10.9. The molecule has 0 aromatic carbocycles. The van der Waals surface area contributed by atoms with Crippen LogP contribution in [0.1, 0.15) is 25.0 Å². The SMILES string of the molecule is OCc1[nH]c(=S)cnc1N1CCC2(CCOC2)CC1. The van der Waals surface area contributed by atoms with E-state index < -0.39 is 0 Å². The Labute approximate surface area is 117 Å². The Bertz CT molecular complexity index is 501. The number of H-pyrrole nitrogens is 1. The Morgan fingerprint density at radius 2 is 2.21 bits per heavy atom. The monoisotopic (exact) mass is 281 g/mol. The molecule has 5 nitrogen and oxygen atoms in total. The molecule has 0 bridgehead atoms. The minimum Gasteiger partial charge on any atom is -0.390 e. The van der Waals surface area contributed by atoms with Gasteiger partial charge in [0, 0.05) is 19.7 Å². The van der Waals surface area contributed by atoms with Crippen molar-refractivity contribution in [3.05, 3.63) is 16.5 Å². The third kappa shape index (κ3) is 2.52. The molecule has 0 saturated carbocycles. The third-order valence-electron chi connectivity index (χ3n) is 4.31. The molecule has 0 aliphatic carbocycles. The zero-order valence-corrected chi connectivity index (χ0v) is 11.7. The molecule has 19 heavy (non-hydrogen) atoms. The van der Waals surface area contributed by atoms with Crippen molar-refractivity contribution in [2.24, 2.45) is 5.41 Å². The molecular formula is C13H19N3O2S. The van der Waals surface area contributed by atoms with Crippen molar-refractivity contribution < 1.29 is 9.84 Å². The molecule has 3 rings (SSSR count). The average molecular weight is 281 g/mol. The fourth-order valence-electron chi connectivity index (χ4n) is 3.05. The Morgan fingerprint density at radius 1 is 1.42 bits per heavy atom. The number of piperidine rings is 1. The molecule has 0 atom stereocenters. The summed E-state index contributed by atoms with van der Waals surface area (Å²) >= 11 is 5.04. The summed E-state index contributed by atoms with van der Waals surface area (Å²) in [6, 6.07) is 0. The smallest absolute Gasteiger partial charge is 0.150 e. The average Bonchev–Trinajstić information content (AvgIpc) is 2.88. The van der Waals surface area contributed by atoms with Crippen molar-refractivity contribution in [1.29, 1.82) is 0 Å². The minimum atomic E-state index is -0.0580. The maximum absolute atomic E-state index is 9.41. The number of hydrogen-bond donors (Lipinski definition) is 2. The van der Waals surface area contributed by atoms with Gasteiger partial charge in [-0.25, -0.2) is 4.98 Å². The highest BCUT2D eigenvalue weighted by atomic mass is 32.1. The van der Waals surface area contributed by atoms with Gasteiger partial charge in [0.1, 0.15) is 4.64 Å². The number of aliphatic hydroxyl groups excluding tert-OH is 1. The minimum absolute atomic E-state index is 0.0580. The van der Waals surface area contributed by atoms with Crippen molar-refractivity contribution in [3.8, 4) is 0 Å².